The zero-order valence-corrected chi connectivity index (χ0v) is 20.1. The van der Waals surface area contributed by atoms with Crippen molar-refractivity contribution < 1.29 is 0 Å². The lowest BCUT2D eigenvalue weighted by Gasteiger charge is -2.39. The molecule has 0 aliphatic heterocycles. The summed E-state index contributed by atoms with van der Waals surface area (Å²) < 4.78 is 0. The van der Waals surface area contributed by atoms with Crippen LogP contribution in [0.3, 0.4) is 0 Å². The van der Waals surface area contributed by atoms with Crippen LogP contribution in [0, 0.1) is 0 Å². The SMILES string of the molecule is CCCCCCCCCCCC(C)(C)N(CCCCCC)CCCCCC. The molecule has 0 radical (unpaired) electrons. The maximum atomic E-state index is 2.84. The van der Waals surface area contributed by atoms with E-state index in [0.717, 1.165) is 0 Å². The molecule has 0 spiro atoms. The molecule has 0 unspecified atom stereocenters. The summed E-state index contributed by atoms with van der Waals surface area (Å²) in [5, 5.41) is 0. The molecule has 0 aromatic rings. The van der Waals surface area contributed by atoms with Gasteiger partial charge in [0.2, 0.25) is 0 Å². The molecular weight excluding hydrogens is 326 g/mol. The molecule has 0 heterocycles. The topological polar surface area (TPSA) is 3.24 Å². The molecule has 27 heavy (non-hydrogen) atoms. The molecule has 0 amide bonds. The Morgan fingerprint density at radius 3 is 1.19 bits per heavy atom. The zero-order chi connectivity index (χ0) is 20.2. The highest BCUT2D eigenvalue weighted by Gasteiger charge is 2.25. The van der Waals surface area contributed by atoms with Gasteiger partial charge >= 0.3 is 0 Å². The molecular formula is C26H55N. The van der Waals surface area contributed by atoms with E-state index in [1.165, 1.54) is 129 Å². The summed E-state index contributed by atoms with van der Waals surface area (Å²) in [6.07, 6.45) is 25.4. The number of unbranched alkanes of at least 4 members (excludes halogenated alkanes) is 14. The van der Waals surface area contributed by atoms with E-state index in [2.05, 4.69) is 39.5 Å². The largest absolute Gasteiger partial charge is 0.298 e. The van der Waals surface area contributed by atoms with E-state index >= 15 is 0 Å². The first-order valence-electron chi connectivity index (χ1n) is 12.8. The van der Waals surface area contributed by atoms with Crippen molar-refractivity contribution in [3.8, 4) is 0 Å². The molecule has 0 rings (SSSR count). The lowest BCUT2D eigenvalue weighted by molar-refractivity contribution is 0.103. The van der Waals surface area contributed by atoms with Crippen LogP contribution in [-0.2, 0) is 0 Å². The normalized spacial score (nSPS) is 12.2. The Labute approximate surface area is 174 Å². The number of hydrogen-bond donors (Lipinski definition) is 0. The van der Waals surface area contributed by atoms with E-state index in [1.54, 1.807) is 0 Å². The summed E-state index contributed by atoms with van der Waals surface area (Å²) in [6.45, 7) is 14.6. The zero-order valence-electron chi connectivity index (χ0n) is 20.1. The van der Waals surface area contributed by atoms with Gasteiger partial charge in [-0.2, -0.15) is 0 Å². The van der Waals surface area contributed by atoms with Crippen LogP contribution in [0.1, 0.15) is 150 Å². The van der Waals surface area contributed by atoms with Crippen LogP contribution >= 0.6 is 0 Å². The van der Waals surface area contributed by atoms with Crippen molar-refractivity contribution in [2.45, 2.75) is 156 Å². The average Bonchev–Trinajstić information content (AvgIpc) is 2.65. The molecule has 0 atom stereocenters. The third-order valence-electron chi connectivity index (χ3n) is 6.31. The molecule has 164 valence electrons. The maximum absolute atomic E-state index is 2.84. The van der Waals surface area contributed by atoms with Gasteiger partial charge in [-0.15, -0.1) is 0 Å². The molecule has 0 fully saturated rings. The Bertz CT molecular complexity index is 272. The monoisotopic (exact) mass is 381 g/mol. The third-order valence-corrected chi connectivity index (χ3v) is 6.31. The highest BCUT2D eigenvalue weighted by molar-refractivity contribution is 4.81. The van der Waals surface area contributed by atoms with Gasteiger partial charge in [-0.05, 0) is 46.2 Å². The Balaban J connectivity index is 4.06. The number of nitrogens with zero attached hydrogens (tertiary/aromatic N) is 1. The lowest BCUT2D eigenvalue weighted by atomic mass is 9.93. The van der Waals surface area contributed by atoms with Crippen molar-refractivity contribution in [2.75, 3.05) is 13.1 Å². The number of hydrogen-bond acceptors (Lipinski definition) is 1. The van der Waals surface area contributed by atoms with Crippen LogP contribution in [0.25, 0.3) is 0 Å². The van der Waals surface area contributed by atoms with Gasteiger partial charge < -0.3 is 0 Å². The highest BCUT2D eigenvalue weighted by Crippen LogP contribution is 2.24. The highest BCUT2D eigenvalue weighted by atomic mass is 15.2. The van der Waals surface area contributed by atoms with Crippen molar-refractivity contribution in [3.05, 3.63) is 0 Å². The van der Waals surface area contributed by atoms with Crippen molar-refractivity contribution in [1.82, 2.24) is 4.90 Å². The summed E-state index contributed by atoms with van der Waals surface area (Å²) in [5.74, 6) is 0. The van der Waals surface area contributed by atoms with Crippen LogP contribution in [0.4, 0.5) is 0 Å². The smallest absolute Gasteiger partial charge is 0.0153 e. The van der Waals surface area contributed by atoms with Gasteiger partial charge in [-0.3, -0.25) is 4.90 Å². The molecule has 0 N–H and O–H groups in total. The predicted octanol–water partition coefficient (Wildman–Crippen LogP) is 9.15. The van der Waals surface area contributed by atoms with Crippen molar-refractivity contribution >= 4 is 0 Å². The molecule has 1 nitrogen and oxygen atoms in total. The minimum absolute atomic E-state index is 0.388. The minimum Gasteiger partial charge on any atom is -0.298 e. The molecule has 0 saturated carbocycles. The molecule has 0 saturated heterocycles. The van der Waals surface area contributed by atoms with Gasteiger partial charge in [0, 0.05) is 5.54 Å². The first kappa shape index (κ1) is 27.0. The standard InChI is InChI=1S/C26H55N/c1-6-9-12-15-16-17-18-19-20-23-26(4,5)27(24-21-13-10-7-2)25-22-14-11-8-3/h6-25H2,1-5H3. The average molecular weight is 382 g/mol. The van der Waals surface area contributed by atoms with Crippen molar-refractivity contribution in [2.24, 2.45) is 0 Å². The summed E-state index contributed by atoms with van der Waals surface area (Å²) in [5.41, 5.74) is 0.388. The van der Waals surface area contributed by atoms with Gasteiger partial charge in [-0.1, -0.05) is 117 Å². The van der Waals surface area contributed by atoms with Crippen LogP contribution in [0.2, 0.25) is 0 Å². The lowest BCUT2D eigenvalue weighted by Crippen LogP contribution is -2.45. The minimum atomic E-state index is 0.388. The Morgan fingerprint density at radius 2 is 0.778 bits per heavy atom. The van der Waals surface area contributed by atoms with E-state index in [-0.39, 0.29) is 0 Å². The van der Waals surface area contributed by atoms with Crippen molar-refractivity contribution in [3.63, 3.8) is 0 Å². The molecule has 0 aliphatic rings. The molecule has 0 aliphatic carbocycles. The molecule has 1 heteroatoms. The van der Waals surface area contributed by atoms with Crippen LogP contribution < -0.4 is 0 Å². The van der Waals surface area contributed by atoms with E-state index in [1.807, 2.05) is 0 Å². The second-order valence-electron chi connectivity index (χ2n) is 9.50. The summed E-state index contributed by atoms with van der Waals surface area (Å²) in [7, 11) is 0. The molecule has 0 aromatic carbocycles. The van der Waals surface area contributed by atoms with Crippen LogP contribution in [0.5, 0.6) is 0 Å². The van der Waals surface area contributed by atoms with Crippen LogP contribution in [0.15, 0.2) is 0 Å². The van der Waals surface area contributed by atoms with Gasteiger partial charge in [0.1, 0.15) is 0 Å². The van der Waals surface area contributed by atoms with E-state index in [9.17, 15) is 0 Å². The van der Waals surface area contributed by atoms with Gasteiger partial charge in [0.15, 0.2) is 0 Å². The Kier molecular flexibility index (Phi) is 19.3. The summed E-state index contributed by atoms with van der Waals surface area (Å²) in [4.78, 5) is 2.84. The third kappa shape index (κ3) is 16.6. The van der Waals surface area contributed by atoms with Crippen molar-refractivity contribution in [1.29, 1.82) is 0 Å². The van der Waals surface area contributed by atoms with Gasteiger partial charge in [-0.25, -0.2) is 0 Å². The quantitative estimate of drug-likeness (QED) is 0.179. The molecule has 0 aromatic heterocycles. The van der Waals surface area contributed by atoms with Gasteiger partial charge in [0.25, 0.3) is 0 Å². The summed E-state index contributed by atoms with van der Waals surface area (Å²) in [6, 6.07) is 0. The van der Waals surface area contributed by atoms with E-state index in [4.69, 9.17) is 0 Å². The number of rotatable bonds is 21. The van der Waals surface area contributed by atoms with E-state index < -0.39 is 0 Å². The first-order valence-corrected chi connectivity index (χ1v) is 12.8. The fraction of sp³-hybridized carbons (Fsp3) is 1.00. The molecule has 0 bridgehead atoms. The fourth-order valence-corrected chi connectivity index (χ4v) is 4.20. The maximum Gasteiger partial charge on any atom is 0.0153 e. The van der Waals surface area contributed by atoms with E-state index in [0.29, 0.717) is 5.54 Å². The Hall–Kier alpha value is -0.0400. The Morgan fingerprint density at radius 1 is 0.444 bits per heavy atom. The predicted molar refractivity (Wildman–Crippen MR) is 126 cm³/mol. The second kappa shape index (κ2) is 19.3. The second-order valence-corrected chi connectivity index (χ2v) is 9.50. The fourth-order valence-electron chi connectivity index (χ4n) is 4.20. The first-order chi connectivity index (χ1) is 13.1. The van der Waals surface area contributed by atoms with Gasteiger partial charge in [0.05, 0.1) is 0 Å². The van der Waals surface area contributed by atoms with Crippen LogP contribution in [-0.4, -0.2) is 23.5 Å². The summed E-state index contributed by atoms with van der Waals surface area (Å²) >= 11 is 0.